The van der Waals surface area contributed by atoms with Gasteiger partial charge in [-0.2, -0.15) is 21.6 Å². The van der Waals surface area contributed by atoms with E-state index < -0.39 is 26.2 Å². The quantitative estimate of drug-likeness (QED) is 0.655. The lowest BCUT2D eigenvalue weighted by molar-refractivity contribution is 0.480. The standard InChI is InChI=1S/C9H14N2O5S2/c1-2-8-4-3-5-9(6-8)11-18(15,16)10-7-17(12,13)14/h3-6,10-11H,2,7H2,1H3,(H,12,13,14). The first-order chi connectivity index (χ1) is 8.22. The molecular weight excluding hydrogens is 280 g/mol. The van der Waals surface area contributed by atoms with Crippen LogP contribution >= 0.6 is 0 Å². The van der Waals surface area contributed by atoms with Gasteiger partial charge in [-0.05, 0) is 24.1 Å². The van der Waals surface area contributed by atoms with Gasteiger partial charge in [0.2, 0.25) is 0 Å². The zero-order valence-corrected chi connectivity index (χ0v) is 11.3. The van der Waals surface area contributed by atoms with Crippen LogP contribution in [0, 0.1) is 0 Å². The molecule has 0 heterocycles. The van der Waals surface area contributed by atoms with Crippen LogP contribution < -0.4 is 9.44 Å². The zero-order chi connectivity index (χ0) is 13.8. The van der Waals surface area contributed by atoms with Crippen molar-refractivity contribution in [3.8, 4) is 0 Å². The molecule has 9 heteroatoms. The number of nitrogens with one attached hydrogen (secondary N) is 2. The maximum atomic E-state index is 11.4. The van der Waals surface area contributed by atoms with E-state index in [0.29, 0.717) is 5.69 Å². The van der Waals surface area contributed by atoms with Crippen LogP contribution in [-0.4, -0.2) is 27.3 Å². The van der Waals surface area contributed by atoms with Crippen molar-refractivity contribution >= 4 is 26.0 Å². The second-order valence-corrected chi connectivity index (χ2v) is 6.48. The third kappa shape index (κ3) is 5.45. The van der Waals surface area contributed by atoms with Crippen molar-refractivity contribution < 1.29 is 21.4 Å². The van der Waals surface area contributed by atoms with Crippen molar-refractivity contribution in [2.45, 2.75) is 13.3 Å². The lowest BCUT2D eigenvalue weighted by Gasteiger charge is -2.09. The topological polar surface area (TPSA) is 113 Å². The minimum atomic E-state index is -4.39. The SMILES string of the molecule is CCc1cccc(NS(=O)(=O)NCS(=O)(=O)O)c1. The van der Waals surface area contributed by atoms with Crippen LogP contribution in [0.3, 0.4) is 0 Å². The van der Waals surface area contributed by atoms with E-state index in [-0.39, 0.29) is 0 Å². The molecule has 1 rings (SSSR count). The summed E-state index contributed by atoms with van der Waals surface area (Å²) in [5, 5.41) is 0. The number of hydrogen-bond donors (Lipinski definition) is 3. The van der Waals surface area contributed by atoms with E-state index in [1.165, 1.54) is 6.07 Å². The summed E-state index contributed by atoms with van der Waals surface area (Å²) < 4.78 is 56.1. The third-order valence-electron chi connectivity index (χ3n) is 2.02. The molecule has 0 bridgehead atoms. The highest BCUT2D eigenvalue weighted by Gasteiger charge is 2.14. The molecule has 0 radical (unpaired) electrons. The highest BCUT2D eigenvalue weighted by atomic mass is 32.2. The van der Waals surface area contributed by atoms with Gasteiger partial charge in [0.05, 0.1) is 5.69 Å². The van der Waals surface area contributed by atoms with Gasteiger partial charge in [-0.1, -0.05) is 19.1 Å². The predicted molar refractivity (Wildman–Crippen MR) is 67.9 cm³/mol. The molecule has 0 aliphatic heterocycles. The Balaban J connectivity index is 2.76. The van der Waals surface area contributed by atoms with Crippen LogP contribution in [0.5, 0.6) is 0 Å². The molecule has 0 saturated heterocycles. The molecule has 1 aromatic carbocycles. The fourth-order valence-electron chi connectivity index (χ4n) is 1.20. The van der Waals surface area contributed by atoms with Gasteiger partial charge in [-0.15, -0.1) is 0 Å². The molecule has 102 valence electrons. The number of hydrogen-bond acceptors (Lipinski definition) is 4. The van der Waals surface area contributed by atoms with Crippen molar-refractivity contribution in [1.29, 1.82) is 0 Å². The van der Waals surface area contributed by atoms with Crippen LogP contribution in [0.4, 0.5) is 5.69 Å². The first-order valence-corrected chi connectivity index (χ1v) is 8.12. The number of benzene rings is 1. The minimum absolute atomic E-state index is 0.317. The van der Waals surface area contributed by atoms with Gasteiger partial charge in [0, 0.05) is 0 Å². The van der Waals surface area contributed by atoms with Gasteiger partial charge < -0.3 is 0 Å². The molecule has 0 aliphatic rings. The molecule has 18 heavy (non-hydrogen) atoms. The predicted octanol–water partition coefficient (Wildman–Crippen LogP) is 0.341. The Hall–Kier alpha value is -1.16. The normalized spacial score (nSPS) is 12.3. The summed E-state index contributed by atoms with van der Waals surface area (Å²) in [6.07, 6.45) is 0.744. The first kappa shape index (κ1) is 14.9. The maximum absolute atomic E-state index is 11.4. The molecule has 1 aromatic rings. The zero-order valence-electron chi connectivity index (χ0n) is 9.62. The molecule has 0 spiro atoms. The van der Waals surface area contributed by atoms with Gasteiger partial charge >= 0.3 is 0 Å². The highest BCUT2D eigenvalue weighted by molar-refractivity contribution is 7.92. The largest absolute Gasteiger partial charge is 0.300 e. The van der Waals surface area contributed by atoms with Gasteiger partial charge in [0.15, 0.2) is 0 Å². The number of aryl methyl sites for hydroxylation is 1. The molecule has 0 aromatic heterocycles. The Morgan fingerprint density at radius 1 is 1.22 bits per heavy atom. The van der Waals surface area contributed by atoms with Gasteiger partial charge in [0.25, 0.3) is 20.3 Å². The average Bonchev–Trinajstić information content (AvgIpc) is 2.25. The molecule has 0 unspecified atom stereocenters. The summed E-state index contributed by atoms with van der Waals surface area (Å²) in [7, 11) is -8.42. The molecular formula is C9H14N2O5S2. The fourth-order valence-corrected chi connectivity index (χ4v) is 2.92. The number of rotatable bonds is 6. The van der Waals surface area contributed by atoms with Gasteiger partial charge in [-0.25, -0.2) is 0 Å². The second kappa shape index (κ2) is 5.65. The Bertz CT molecular complexity index is 610. The summed E-state index contributed by atoms with van der Waals surface area (Å²) in [4.78, 5) is 0. The summed E-state index contributed by atoms with van der Waals surface area (Å²) in [5.41, 5.74) is 1.25. The Morgan fingerprint density at radius 2 is 1.89 bits per heavy atom. The summed E-state index contributed by atoms with van der Waals surface area (Å²) in [6.45, 7) is 1.92. The molecule has 7 nitrogen and oxygen atoms in total. The van der Waals surface area contributed by atoms with E-state index in [2.05, 4.69) is 4.72 Å². The Kier molecular flexibility index (Phi) is 4.68. The summed E-state index contributed by atoms with van der Waals surface area (Å²) in [5.74, 6) is -1.07. The van der Waals surface area contributed by atoms with Crippen molar-refractivity contribution in [1.82, 2.24) is 4.72 Å². The van der Waals surface area contributed by atoms with E-state index in [9.17, 15) is 16.8 Å². The highest BCUT2D eigenvalue weighted by Crippen LogP contribution is 2.12. The Morgan fingerprint density at radius 3 is 2.44 bits per heavy atom. The monoisotopic (exact) mass is 294 g/mol. The van der Waals surface area contributed by atoms with Crippen molar-refractivity contribution in [3.05, 3.63) is 29.8 Å². The van der Waals surface area contributed by atoms with Crippen LogP contribution in [0.1, 0.15) is 12.5 Å². The summed E-state index contributed by atoms with van der Waals surface area (Å²) in [6, 6.07) is 6.68. The van der Waals surface area contributed by atoms with Gasteiger partial charge in [0.1, 0.15) is 5.88 Å². The lowest BCUT2D eigenvalue weighted by atomic mass is 10.1. The number of anilines is 1. The van der Waals surface area contributed by atoms with Gasteiger partial charge in [-0.3, -0.25) is 9.27 Å². The van der Waals surface area contributed by atoms with E-state index in [4.69, 9.17) is 4.55 Å². The van der Waals surface area contributed by atoms with Crippen molar-refractivity contribution in [2.75, 3.05) is 10.6 Å². The van der Waals surface area contributed by atoms with Crippen LogP contribution in [0.15, 0.2) is 24.3 Å². The molecule has 0 aliphatic carbocycles. The fraction of sp³-hybridized carbons (Fsp3) is 0.333. The molecule has 0 saturated carbocycles. The minimum Gasteiger partial charge on any atom is -0.285 e. The van der Waals surface area contributed by atoms with E-state index in [1.54, 1.807) is 16.9 Å². The molecule has 3 N–H and O–H groups in total. The van der Waals surface area contributed by atoms with Crippen molar-refractivity contribution in [2.24, 2.45) is 0 Å². The van der Waals surface area contributed by atoms with Crippen LogP contribution in [0.25, 0.3) is 0 Å². The molecule has 0 atom stereocenters. The lowest BCUT2D eigenvalue weighted by Crippen LogP contribution is -2.34. The van der Waals surface area contributed by atoms with E-state index >= 15 is 0 Å². The average molecular weight is 294 g/mol. The molecule has 0 fully saturated rings. The summed E-state index contributed by atoms with van der Waals surface area (Å²) >= 11 is 0. The smallest absolute Gasteiger partial charge is 0.285 e. The Labute approximate surface area is 106 Å². The van der Waals surface area contributed by atoms with Crippen LogP contribution in [0.2, 0.25) is 0 Å². The third-order valence-corrected chi connectivity index (χ3v) is 3.74. The molecule has 0 amide bonds. The van der Waals surface area contributed by atoms with Crippen molar-refractivity contribution in [3.63, 3.8) is 0 Å². The van der Waals surface area contributed by atoms with E-state index in [0.717, 1.165) is 12.0 Å². The van der Waals surface area contributed by atoms with E-state index in [1.807, 2.05) is 13.0 Å². The second-order valence-electron chi connectivity index (χ2n) is 3.53. The van der Waals surface area contributed by atoms with Crippen LogP contribution in [-0.2, 0) is 26.7 Å². The maximum Gasteiger partial charge on any atom is 0.300 e. The first-order valence-electron chi connectivity index (χ1n) is 5.03.